The number of rotatable bonds is 4. The zero-order valence-corrected chi connectivity index (χ0v) is 11.6. The molecule has 110 valence electrons. The van der Waals surface area contributed by atoms with Crippen LogP contribution in [0.25, 0.3) is 0 Å². The molecule has 0 aliphatic rings. The maximum atomic E-state index is 13.1. The molecule has 0 radical (unpaired) electrons. The van der Waals surface area contributed by atoms with E-state index in [1.165, 1.54) is 6.07 Å². The number of nitrogens with one attached hydrogen (secondary N) is 1. The van der Waals surface area contributed by atoms with Crippen LogP contribution < -0.4 is 5.32 Å². The van der Waals surface area contributed by atoms with Gasteiger partial charge in [0, 0.05) is 24.8 Å². The Balaban J connectivity index is 2.04. The minimum atomic E-state index is -0.987. The second kappa shape index (κ2) is 6.83. The Kier molecular flexibility index (Phi) is 4.87. The van der Waals surface area contributed by atoms with Gasteiger partial charge >= 0.3 is 6.03 Å². The number of carbonyl (C=O) groups excluding carboxylic acids is 1. The quantitative estimate of drug-likeness (QED) is 0.906. The summed E-state index contributed by atoms with van der Waals surface area (Å²) in [5, 5.41) is 2.56. The van der Waals surface area contributed by atoms with Crippen molar-refractivity contribution in [3.63, 3.8) is 0 Å². The molecule has 21 heavy (non-hydrogen) atoms. The molecule has 2 amide bonds. The van der Waals surface area contributed by atoms with Crippen molar-refractivity contribution in [3.8, 4) is 0 Å². The maximum Gasteiger partial charge on any atom is 0.322 e. The molecule has 0 aliphatic carbocycles. The molecule has 3 nitrogen and oxygen atoms in total. The molecule has 0 atom stereocenters. The van der Waals surface area contributed by atoms with E-state index in [1.54, 1.807) is 4.90 Å². The van der Waals surface area contributed by atoms with Gasteiger partial charge in [-0.1, -0.05) is 30.3 Å². The summed E-state index contributed by atoms with van der Waals surface area (Å²) in [6.45, 7) is 2.81. The van der Waals surface area contributed by atoms with Crippen molar-refractivity contribution in [3.05, 3.63) is 65.7 Å². The normalized spacial score (nSPS) is 10.2. The Hall–Kier alpha value is -2.43. The first-order valence-electron chi connectivity index (χ1n) is 6.65. The van der Waals surface area contributed by atoms with E-state index in [1.807, 2.05) is 37.3 Å². The molecular formula is C16H16F2N2O. The lowest BCUT2D eigenvalue weighted by Crippen LogP contribution is -2.34. The van der Waals surface area contributed by atoms with Gasteiger partial charge in [-0.25, -0.2) is 13.6 Å². The molecule has 0 saturated carbocycles. The number of urea groups is 1. The number of amides is 2. The summed E-state index contributed by atoms with van der Waals surface area (Å²) in [6, 6.07) is 12.5. The summed E-state index contributed by atoms with van der Waals surface area (Å²) in [5.41, 5.74) is 1.23. The van der Waals surface area contributed by atoms with E-state index in [9.17, 15) is 13.6 Å². The zero-order chi connectivity index (χ0) is 15.2. The lowest BCUT2D eigenvalue weighted by molar-refractivity contribution is 0.212. The van der Waals surface area contributed by atoms with Crippen molar-refractivity contribution >= 4 is 11.7 Å². The largest absolute Gasteiger partial charge is 0.322 e. The number of benzene rings is 2. The van der Waals surface area contributed by atoms with Gasteiger partial charge in [0.1, 0.15) is 0 Å². The molecule has 1 N–H and O–H groups in total. The number of halogens is 2. The third kappa shape index (κ3) is 4.02. The summed E-state index contributed by atoms with van der Waals surface area (Å²) in [6.07, 6.45) is 0. The summed E-state index contributed by atoms with van der Waals surface area (Å²) in [7, 11) is 0. The van der Waals surface area contributed by atoms with Gasteiger partial charge in [-0.2, -0.15) is 0 Å². The second-order valence-electron chi connectivity index (χ2n) is 4.56. The molecule has 0 fully saturated rings. The zero-order valence-electron chi connectivity index (χ0n) is 11.6. The van der Waals surface area contributed by atoms with Crippen LogP contribution in [0.5, 0.6) is 0 Å². The molecule has 0 spiro atoms. The molecular weight excluding hydrogens is 274 g/mol. The number of anilines is 1. The molecule has 5 heteroatoms. The predicted octanol–water partition coefficient (Wildman–Crippen LogP) is 4.02. The van der Waals surface area contributed by atoms with Gasteiger partial charge < -0.3 is 10.2 Å². The monoisotopic (exact) mass is 290 g/mol. The van der Waals surface area contributed by atoms with Gasteiger partial charge in [0.15, 0.2) is 11.6 Å². The van der Waals surface area contributed by atoms with Crippen LogP contribution in [-0.4, -0.2) is 17.5 Å². The number of nitrogens with zero attached hydrogens (tertiary/aromatic N) is 1. The van der Waals surface area contributed by atoms with Crippen molar-refractivity contribution in [2.75, 3.05) is 11.9 Å². The first-order valence-corrected chi connectivity index (χ1v) is 6.65. The average molecular weight is 290 g/mol. The molecule has 0 aromatic heterocycles. The fourth-order valence-corrected chi connectivity index (χ4v) is 1.91. The molecule has 2 rings (SSSR count). The van der Waals surface area contributed by atoms with E-state index >= 15 is 0 Å². The first kappa shape index (κ1) is 15.0. The van der Waals surface area contributed by atoms with Crippen LogP contribution in [0.15, 0.2) is 48.5 Å². The van der Waals surface area contributed by atoms with Gasteiger partial charge in [-0.15, -0.1) is 0 Å². The van der Waals surface area contributed by atoms with E-state index in [4.69, 9.17) is 0 Å². The van der Waals surface area contributed by atoms with Crippen molar-refractivity contribution in [1.29, 1.82) is 0 Å². The Morgan fingerprint density at radius 3 is 2.43 bits per heavy atom. The molecule has 0 saturated heterocycles. The van der Waals surface area contributed by atoms with E-state index < -0.39 is 11.6 Å². The second-order valence-corrected chi connectivity index (χ2v) is 4.56. The number of hydrogen-bond acceptors (Lipinski definition) is 1. The van der Waals surface area contributed by atoms with Crippen LogP contribution in [0.4, 0.5) is 19.3 Å². The van der Waals surface area contributed by atoms with E-state index in [0.29, 0.717) is 13.1 Å². The third-order valence-electron chi connectivity index (χ3n) is 3.06. The standard InChI is InChI=1S/C16H16F2N2O/c1-2-20(11-12-6-4-3-5-7-12)16(21)19-13-8-9-14(17)15(18)10-13/h3-10H,2,11H2,1H3,(H,19,21). The fraction of sp³-hybridized carbons (Fsp3) is 0.188. The van der Waals surface area contributed by atoms with Crippen LogP contribution in [-0.2, 0) is 6.54 Å². The maximum absolute atomic E-state index is 13.1. The van der Waals surface area contributed by atoms with Gasteiger partial charge in [0.05, 0.1) is 0 Å². The van der Waals surface area contributed by atoms with E-state index in [-0.39, 0.29) is 11.7 Å². The van der Waals surface area contributed by atoms with Crippen LogP contribution in [0, 0.1) is 11.6 Å². The highest BCUT2D eigenvalue weighted by Crippen LogP contribution is 2.14. The highest BCUT2D eigenvalue weighted by molar-refractivity contribution is 5.89. The highest BCUT2D eigenvalue weighted by Gasteiger charge is 2.13. The minimum Gasteiger partial charge on any atom is -0.320 e. The average Bonchev–Trinajstić information content (AvgIpc) is 2.49. The number of hydrogen-bond donors (Lipinski definition) is 1. The summed E-state index contributed by atoms with van der Waals surface area (Å²) < 4.78 is 26.0. The SMILES string of the molecule is CCN(Cc1ccccc1)C(=O)Nc1ccc(F)c(F)c1. The lowest BCUT2D eigenvalue weighted by atomic mass is 10.2. The van der Waals surface area contributed by atoms with Crippen molar-refractivity contribution < 1.29 is 13.6 Å². The summed E-state index contributed by atoms with van der Waals surface area (Å²) in [4.78, 5) is 13.7. The molecule has 0 unspecified atom stereocenters. The lowest BCUT2D eigenvalue weighted by Gasteiger charge is -2.21. The molecule has 0 bridgehead atoms. The molecule has 2 aromatic rings. The summed E-state index contributed by atoms with van der Waals surface area (Å²) in [5.74, 6) is -1.93. The van der Waals surface area contributed by atoms with Gasteiger partial charge in [-0.3, -0.25) is 0 Å². The van der Waals surface area contributed by atoms with Crippen LogP contribution in [0.1, 0.15) is 12.5 Å². The Labute approximate surface area is 122 Å². The highest BCUT2D eigenvalue weighted by atomic mass is 19.2. The summed E-state index contributed by atoms with van der Waals surface area (Å²) >= 11 is 0. The van der Waals surface area contributed by atoms with Crippen LogP contribution in [0.3, 0.4) is 0 Å². The van der Waals surface area contributed by atoms with Gasteiger partial charge in [0.2, 0.25) is 0 Å². The molecule has 0 heterocycles. The minimum absolute atomic E-state index is 0.227. The van der Waals surface area contributed by atoms with E-state index in [2.05, 4.69) is 5.32 Å². The van der Waals surface area contributed by atoms with Crippen molar-refractivity contribution in [2.24, 2.45) is 0 Å². The Morgan fingerprint density at radius 1 is 1.10 bits per heavy atom. The smallest absolute Gasteiger partial charge is 0.320 e. The number of carbonyl (C=O) groups is 1. The van der Waals surface area contributed by atoms with Gasteiger partial charge in [-0.05, 0) is 24.6 Å². The predicted molar refractivity (Wildman–Crippen MR) is 77.9 cm³/mol. The molecule has 0 aliphatic heterocycles. The van der Waals surface area contributed by atoms with Crippen LogP contribution in [0.2, 0.25) is 0 Å². The Morgan fingerprint density at radius 2 is 1.81 bits per heavy atom. The van der Waals surface area contributed by atoms with Crippen LogP contribution >= 0.6 is 0 Å². The van der Waals surface area contributed by atoms with Gasteiger partial charge in [0.25, 0.3) is 0 Å². The van der Waals surface area contributed by atoms with E-state index in [0.717, 1.165) is 17.7 Å². The Bertz CT molecular complexity index is 617. The topological polar surface area (TPSA) is 32.3 Å². The van der Waals surface area contributed by atoms with Crippen molar-refractivity contribution in [2.45, 2.75) is 13.5 Å². The first-order chi connectivity index (χ1) is 10.1. The molecule has 2 aromatic carbocycles. The fourth-order valence-electron chi connectivity index (χ4n) is 1.91. The third-order valence-corrected chi connectivity index (χ3v) is 3.06. The van der Waals surface area contributed by atoms with Crippen molar-refractivity contribution in [1.82, 2.24) is 4.90 Å².